The second-order valence-corrected chi connectivity index (χ2v) is 10.7. The lowest BCUT2D eigenvalue weighted by atomic mass is 10.1. The minimum Gasteiger partial charge on any atom is -0.336 e. The van der Waals surface area contributed by atoms with Gasteiger partial charge in [-0.25, -0.2) is 9.97 Å². The predicted octanol–water partition coefficient (Wildman–Crippen LogP) is 5.87. The monoisotopic (exact) mass is 536 g/mol. The van der Waals surface area contributed by atoms with Crippen LogP contribution in [0.15, 0.2) is 55.1 Å². The van der Waals surface area contributed by atoms with Crippen molar-refractivity contribution in [2.75, 3.05) is 5.32 Å². The summed E-state index contributed by atoms with van der Waals surface area (Å²) >= 11 is 1.40. The highest BCUT2D eigenvalue weighted by molar-refractivity contribution is 7.17. The van der Waals surface area contributed by atoms with Gasteiger partial charge in [0, 0.05) is 36.1 Å². The van der Waals surface area contributed by atoms with Crippen LogP contribution in [0.4, 0.5) is 5.69 Å². The normalized spacial score (nSPS) is 11.5. The number of aromatic amines is 2. The molecule has 0 aliphatic carbocycles. The van der Waals surface area contributed by atoms with Gasteiger partial charge in [-0.05, 0) is 43.2 Å². The number of pyridine rings is 3. The Hall–Kier alpha value is -4.77. The first-order valence-corrected chi connectivity index (χ1v) is 13.2. The molecule has 0 saturated carbocycles. The first kappa shape index (κ1) is 24.6. The van der Waals surface area contributed by atoms with Crippen LogP contribution in [0.2, 0.25) is 0 Å². The van der Waals surface area contributed by atoms with Gasteiger partial charge in [-0.1, -0.05) is 13.8 Å². The van der Waals surface area contributed by atoms with E-state index in [1.807, 2.05) is 44.2 Å². The molecule has 0 unspecified atom stereocenters. The fraction of sp³-hybridized carbons (Fsp3) is 0.179. The molecule has 0 atom stereocenters. The number of rotatable bonds is 7. The van der Waals surface area contributed by atoms with E-state index < -0.39 is 0 Å². The molecule has 0 fully saturated rings. The van der Waals surface area contributed by atoms with E-state index in [-0.39, 0.29) is 17.6 Å². The third-order valence-electron chi connectivity index (χ3n) is 6.18. The molecule has 1 amide bonds. The van der Waals surface area contributed by atoms with Crippen molar-refractivity contribution in [1.82, 2.24) is 35.1 Å². The molecule has 194 valence electrons. The number of imidazole rings is 1. The van der Waals surface area contributed by atoms with Crippen LogP contribution in [-0.2, 0) is 4.79 Å². The number of hydrogen-bond acceptors (Lipinski definition) is 8. The van der Waals surface area contributed by atoms with Crippen molar-refractivity contribution in [3.05, 3.63) is 60.0 Å². The van der Waals surface area contributed by atoms with Crippen LogP contribution in [0.25, 0.3) is 55.3 Å². The number of ketones is 1. The fourth-order valence-corrected chi connectivity index (χ4v) is 5.27. The summed E-state index contributed by atoms with van der Waals surface area (Å²) in [4.78, 5) is 47.2. The summed E-state index contributed by atoms with van der Waals surface area (Å²) in [5, 5.41) is 11.2. The summed E-state index contributed by atoms with van der Waals surface area (Å²) in [7, 11) is 0. The van der Waals surface area contributed by atoms with E-state index in [2.05, 4.69) is 35.5 Å². The molecule has 0 bridgehead atoms. The number of amides is 1. The van der Waals surface area contributed by atoms with Crippen LogP contribution in [0.3, 0.4) is 0 Å². The molecule has 0 aliphatic heterocycles. The Morgan fingerprint density at radius 2 is 1.87 bits per heavy atom. The molecule has 10 nitrogen and oxygen atoms in total. The van der Waals surface area contributed by atoms with Gasteiger partial charge in [0.1, 0.15) is 16.9 Å². The van der Waals surface area contributed by atoms with E-state index in [4.69, 9.17) is 4.98 Å². The summed E-state index contributed by atoms with van der Waals surface area (Å²) < 4.78 is 0. The van der Waals surface area contributed by atoms with E-state index in [0.29, 0.717) is 45.4 Å². The number of carbonyl (C=O) groups is 2. The lowest BCUT2D eigenvalue weighted by Gasteiger charge is -2.08. The van der Waals surface area contributed by atoms with Gasteiger partial charge in [0.25, 0.3) is 0 Å². The van der Waals surface area contributed by atoms with Crippen molar-refractivity contribution in [3.8, 4) is 33.2 Å². The fourth-order valence-electron chi connectivity index (χ4n) is 4.37. The molecule has 6 aromatic heterocycles. The zero-order valence-electron chi connectivity index (χ0n) is 21.4. The number of H-pyrrole nitrogens is 2. The van der Waals surface area contributed by atoms with Crippen LogP contribution in [0, 0.1) is 5.92 Å². The van der Waals surface area contributed by atoms with Gasteiger partial charge < -0.3 is 10.3 Å². The first-order chi connectivity index (χ1) is 18.9. The number of aromatic nitrogens is 7. The van der Waals surface area contributed by atoms with Gasteiger partial charge >= 0.3 is 0 Å². The summed E-state index contributed by atoms with van der Waals surface area (Å²) in [5.41, 5.74) is 5.71. The van der Waals surface area contributed by atoms with Crippen LogP contribution < -0.4 is 5.32 Å². The molecule has 6 aromatic rings. The number of hydrogen-bond donors (Lipinski definition) is 3. The van der Waals surface area contributed by atoms with Crippen LogP contribution in [-0.4, -0.2) is 46.8 Å². The van der Waals surface area contributed by atoms with Crippen LogP contribution in [0.1, 0.15) is 36.9 Å². The quantitative estimate of drug-likeness (QED) is 0.216. The number of nitrogens with zero attached hydrogens (tertiary/aromatic N) is 5. The highest BCUT2D eigenvalue weighted by atomic mass is 32.1. The summed E-state index contributed by atoms with van der Waals surface area (Å²) in [6, 6.07) is 9.42. The highest BCUT2D eigenvalue weighted by Crippen LogP contribution is 2.34. The smallest absolute Gasteiger partial charge is 0.224 e. The van der Waals surface area contributed by atoms with Gasteiger partial charge in [0.15, 0.2) is 17.3 Å². The number of anilines is 1. The molecular weight excluding hydrogens is 512 g/mol. The van der Waals surface area contributed by atoms with Crippen molar-refractivity contribution < 1.29 is 9.59 Å². The maximum absolute atomic E-state index is 12.2. The molecule has 6 heterocycles. The molecule has 0 saturated heterocycles. The lowest BCUT2D eigenvalue weighted by Crippen LogP contribution is -2.13. The standard InChI is InChI=1S/C28H24N8O2S/c1-14(2)8-23(38)32-18-9-16(11-29-13-18)17-10-19-24(35-36-27(19)31-12-17)28-33-20-6-7-30-26(25(20)34-28)22-5-4-21(39-22)15(3)37/h4-7,9-14H,8H2,1-3H3,(H,32,38)(H,33,34)(H,31,35,36). The Balaban J connectivity index is 1.37. The van der Waals surface area contributed by atoms with Crippen molar-refractivity contribution >= 4 is 50.8 Å². The summed E-state index contributed by atoms with van der Waals surface area (Å²) in [5.74, 6) is 0.806. The molecule has 0 spiro atoms. The van der Waals surface area contributed by atoms with Crippen LogP contribution >= 0.6 is 11.3 Å². The second-order valence-electron chi connectivity index (χ2n) is 9.66. The van der Waals surface area contributed by atoms with Gasteiger partial charge in [-0.3, -0.25) is 24.7 Å². The zero-order valence-corrected chi connectivity index (χ0v) is 22.3. The van der Waals surface area contributed by atoms with E-state index in [1.54, 1.807) is 31.7 Å². The van der Waals surface area contributed by atoms with E-state index in [1.165, 1.54) is 11.3 Å². The first-order valence-electron chi connectivity index (χ1n) is 12.4. The Morgan fingerprint density at radius 1 is 1.03 bits per heavy atom. The lowest BCUT2D eigenvalue weighted by molar-refractivity contribution is -0.116. The van der Waals surface area contributed by atoms with Crippen molar-refractivity contribution in [2.45, 2.75) is 27.2 Å². The van der Waals surface area contributed by atoms with Crippen LogP contribution in [0.5, 0.6) is 0 Å². The van der Waals surface area contributed by atoms with E-state index in [9.17, 15) is 9.59 Å². The number of carbonyl (C=O) groups excluding carboxylic acids is 2. The number of fused-ring (bicyclic) bond motifs is 2. The van der Waals surface area contributed by atoms with E-state index >= 15 is 0 Å². The zero-order chi connectivity index (χ0) is 27.1. The molecule has 6 rings (SSSR count). The third-order valence-corrected chi connectivity index (χ3v) is 7.37. The molecule has 0 aromatic carbocycles. The Morgan fingerprint density at radius 3 is 2.67 bits per heavy atom. The molecule has 39 heavy (non-hydrogen) atoms. The Labute approximate surface area is 227 Å². The largest absolute Gasteiger partial charge is 0.336 e. The van der Waals surface area contributed by atoms with E-state index in [0.717, 1.165) is 26.9 Å². The summed E-state index contributed by atoms with van der Waals surface area (Å²) in [6.45, 7) is 5.56. The maximum Gasteiger partial charge on any atom is 0.224 e. The Kier molecular flexibility index (Phi) is 6.20. The van der Waals surface area contributed by atoms with Crippen molar-refractivity contribution in [3.63, 3.8) is 0 Å². The molecule has 3 N–H and O–H groups in total. The maximum atomic E-state index is 12.2. The highest BCUT2D eigenvalue weighted by Gasteiger charge is 2.18. The van der Waals surface area contributed by atoms with Gasteiger partial charge in [-0.15, -0.1) is 11.3 Å². The molecule has 0 radical (unpaired) electrons. The second kappa shape index (κ2) is 9.84. The number of thiophene rings is 1. The minimum absolute atomic E-state index is 0.0196. The molecule has 11 heteroatoms. The van der Waals surface area contributed by atoms with Gasteiger partial charge in [0.05, 0.1) is 32.5 Å². The summed E-state index contributed by atoms with van der Waals surface area (Å²) in [6.07, 6.45) is 7.26. The average molecular weight is 537 g/mol. The number of Topliss-reactive ketones (excluding diaryl/α,β-unsaturated/α-hetero) is 1. The third kappa shape index (κ3) is 4.79. The predicted molar refractivity (Wildman–Crippen MR) is 151 cm³/mol. The minimum atomic E-state index is -0.0477. The molecule has 0 aliphatic rings. The Bertz CT molecular complexity index is 1870. The number of nitrogens with one attached hydrogen (secondary N) is 3. The SMILES string of the molecule is CC(=O)c1ccc(-c2nccc3[nH]c(-c4n[nH]c5ncc(-c6cncc(NC(=O)CC(C)C)c6)cc45)nc23)s1. The van der Waals surface area contributed by atoms with Crippen molar-refractivity contribution in [1.29, 1.82) is 0 Å². The topological polar surface area (TPSA) is 142 Å². The van der Waals surface area contributed by atoms with Gasteiger partial charge in [0.2, 0.25) is 5.91 Å². The van der Waals surface area contributed by atoms with Crippen molar-refractivity contribution in [2.24, 2.45) is 5.92 Å². The molecular formula is C28H24N8O2S. The average Bonchev–Trinajstić information content (AvgIpc) is 3.65. The van der Waals surface area contributed by atoms with Gasteiger partial charge in [-0.2, -0.15) is 5.10 Å².